The maximum atomic E-state index is 4.38. The summed E-state index contributed by atoms with van der Waals surface area (Å²) in [6, 6.07) is 14.6. The molecule has 0 amide bonds. The van der Waals surface area contributed by atoms with Gasteiger partial charge in [-0.15, -0.1) is 0 Å². The lowest BCUT2D eigenvalue weighted by atomic mass is 10.1. The van der Waals surface area contributed by atoms with Crippen LogP contribution < -0.4 is 4.90 Å². The molecule has 1 aromatic carbocycles. The van der Waals surface area contributed by atoms with Gasteiger partial charge in [-0.2, -0.15) is 0 Å². The molecule has 0 aliphatic heterocycles. The summed E-state index contributed by atoms with van der Waals surface area (Å²) in [7, 11) is 2.08. The van der Waals surface area contributed by atoms with Crippen molar-refractivity contribution in [2.24, 2.45) is 0 Å². The largest absolute Gasteiger partial charge is 0.359 e. The Morgan fingerprint density at radius 2 is 1.89 bits per heavy atom. The van der Waals surface area contributed by atoms with Crippen LogP contribution in [0.1, 0.15) is 12.0 Å². The highest BCUT2D eigenvalue weighted by molar-refractivity contribution is 9.10. The second kappa shape index (κ2) is 6.55. The van der Waals surface area contributed by atoms with E-state index in [0.29, 0.717) is 0 Å². The van der Waals surface area contributed by atoms with Gasteiger partial charge in [-0.3, -0.25) is 0 Å². The Balaban J connectivity index is 1.86. The molecule has 0 unspecified atom stereocenters. The van der Waals surface area contributed by atoms with Crippen LogP contribution in [-0.2, 0) is 6.42 Å². The number of rotatable bonds is 5. The van der Waals surface area contributed by atoms with E-state index in [2.05, 4.69) is 63.2 Å². The van der Waals surface area contributed by atoms with Crippen molar-refractivity contribution in [1.82, 2.24) is 4.98 Å². The van der Waals surface area contributed by atoms with Crippen molar-refractivity contribution in [2.45, 2.75) is 12.8 Å². The molecule has 0 radical (unpaired) electrons. The molecular weight excluding hydrogens is 288 g/mol. The average Bonchev–Trinajstić information content (AvgIpc) is 2.40. The second-order valence-corrected chi connectivity index (χ2v) is 5.17. The number of anilines is 1. The van der Waals surface area contributed by atoms with E-state index in [-0.39, 0.29) is 0 Å². The zero-order valence-corrected chi connectivity index (χ0v) is 12.1. The van der Waals surface area contributed by atoms with E-state index in [1.54, 1.807) is 0 Å². The number of halogens is 1. The zero-order valence-electron chi connectivity index (χ0n) is 10.5. The first-order valence-electron chi connectivity index (χ1n) is 6.13. The van der Waals surface area contributed by atoms with E-state index in [1.165, 1.54) is 5.56 Å². The van der Waals surface area contributed by atoms with Crippen molar-refractivity contribution >= 4 is 21.7 Å². The molecule has 0 aliphatic carbocycles. The molecule has 2 rings (SSSR count). The quantitative estimate of drug-likeness (QED) is 0.832. The number of hydrogen-bond acceptors (Lipinski definition) is 2. The van der Waals surface area contributed by atoms with Gasteiger partial charge in [0.05, 0.1) is 4.47 Å². The molecule has 2 nitrogen and oxygen atoms in total. The van der Waals surface area contributed by atoms with Crippen LogP contribution in [0.2, 0.25) is 0 Å². The molecule has 94 valence electrons. The summed E-state index contributed by atoms with van der Waals surface area (Å²) in [5, 5.41) is 0. The van der Waals surface area contributed by atoms with E-state index in [9.17, 15) is 0 Å². The number of benzene rings is 1. The van der Waals surface area contributed by atoms with Crippen LogP contribution in [0.15, 0.2) is 53.1 Å². The van der Waals surface area contributed by atoms with Crippen LogP contribution in [0.5, 0.6) is 0 Å². The zero-order chi connectivity index (χ0) is 12.8. The molecule has 0 saturated carbocycles. The fourth-order valence-corrected chi connectivity index (χ4v) is 2.49. The van der Waals surface area contributed by atoms with Gasteiger partial charge in [-0.05, 0) is 46.5 Å². The third kappa shape index (κ3) is 3.57. The normalized spacial score (nSPS) is 10.3. The van der Waals surface area contributed by atoms with Crippen LogP contribution in [0.4, 0.5) is 5.82 Å². The molecule has 1 heterocycles. The molecule has 0 bridgehead atoms. The van der Waals surface area contributed by atoms with E-state index in [1.807, 2.05) is 18.3 Å². The van der Waals surface area contributed by atoms with Gasteiger partial charge in [0.25, 0.3) is 0 Å². The number of pyridine rings is 1. The topological polar surface area (TPSA) is 16.1 Å². The Labute approximate surface area is 117 Å². The summed E-state index contributed by atoms with van der Waals surface area (Å²) >= 11 is 3.53. The van der Waals surface area contributed by atoms with Crippen LogP contribution in [0.3, 0.4) is 0 Å². The number of aromatic nitrogens is 1. The Hall–Kier alpha value is -1.35. The first-order valence-corrected chi connectivity index (χ1v) is 6.92. The lowest BCUT2D eigenvalue weighted by Crippen LogP contribution is -2.20. The summed E-state index contributed by atoms with van der Waals surface area (Å²) in [5.41, 5.74) is 1.39. The average molecular weight is 305 g/mol. The third-order valence-corrected chi connectivity index (χ3v) is 3.52. The van der Waals surface area contributed by atoms with Gasteiger partial charge in [-0.1, -0.05) is 30.3 Å². The Kier molecular flexibility index (Phi) is 4.76. The molecule has 2 aromatic rings. The van der Waals surface area contributed by atoms with Gasteiger partial charge >= 0.3 is 0 Å². The van der Waals surface area contributed by atoms with E-state index < -0.39 is 0 Å². The molecule has 0 N–H and O–H groups in total. The molecule has 1 aromatic heterocycles. The maximum Gasteiger partial charge on any atom is 0.142 e. The highest BCUT2D eigenvalue weighted by Gasteiger charge is 2.05. The van der Waals surface area contributed by atoms with Crippen molar-refractivity contribution in [3.05, 3.63) is 58.7 Å². The summed E-state index contributed by atoms with van der Waals surface area (Å²) < 4.78 is 1.05. The fourth-order valence-electron chi connectivity index (χ4n) is 1.93. The van der Waals surface area contributed by atoms with Gasteiger partial charge in [0.15, 0.2) is 0 Å². The van der Waals surface area contributed by atoms with Crippen LogP contribution in [0.25, 0.3) is 0 Å². The van der Waals surface area contributed by atoms with E-state index >= 15 is 0 Å². The van der Waals surface area contributed by atoms with Gasteiger partial charge in [0.2, 0.25) is 0 Å². The Morgan fingerprint density at radius 1 is 1.11 bits per heavy atom. The van der Waals surface area contributed by atoms with Crippen molar-refractivity contribution < 1.29 is 0 Å². The van der Waals surface area contributed by atoms with Gasteiger partial charge in [-0.25, -0.2) is 4.98 Å². The minimum absolute atomic E-state index is 1.00. The van der Waals surface area contributed by atoms with Crippen molar-refractivity contribution in [1.29, 1.82) is 0 Å². The van der Waals surface area contributed by atoms with E-state index in [0.717, 1.165) is 29.7 Å². The molecule has 0 aliphatic rings. The van der Waals surface area contributed by atoms with Gasteiger partial charge in [0.1, 0.15) is 5.82 Å². The molecule has 0 saturated heterocycles. The molecule has 0 fully saturated rings. The Bertz CT molecular complexity index is 485. The highest BCUT2D eigenvalue weighted by atomic mass is 79.9. The Morgan fingerprint density at radius 3 is 2.61 bits per heavy atom. The minimum Gasteiger partial charge on any atom is -0.359 e. The summed E-state index contributed by atoms with van der Waals surface area (Å²) in [6.45, 7) is 1.00. The molecule has 0 spiro atoms. The van der Waals surface area contributed by atoms with Crippen LogP contribution in [-0.4, -0.2) is 18.6 Å². The maximum absolute atomic E-state index is 4.38. The third-order valence-electron chi connectivity index (χ3n) is 2.90. The predicted molar refractivity (Wildman–Crippen MR) is 80.0 cm³/mol. The summed E-state index contributed by atoms with van der Waals surface area (Å²) in [4.78, 5) is 6.57. The minimum atomic E-state index is 1.00. The predicted octanol–water partition coefficient (Wildman–Crippen LogP) is 3.91. The molecular formula is C15H17BrN2. The molecule has 3 heteroatoms. The highest BCUT2D eigenvalue weighted by Crippen LogP contribution is 2.21. The summed E-state index contributed by atoms with van der Waals surface area (Å²) in [6.07, 6.45) is 4.06. The second-order valence-electron chi connectivity index (χ2n) is 4.32. The SMILES string of the molecule is CN(CCCc1ccccc1)c1ncccc1Br. The lowest BCUT2D eigenvalue weighted by Gasteiger charge is -2.19. The van der Waals surface area contributed by atoms with Crippen LogP contribution >= 0.6 is 15.9 Å². The first kappa shape index (κ1) is 13.1. The molecule has 18 heavy (non-hydrogen) atoms. The number of aryl methyl sites for hydroxylation is 1. The van der Waals surface area contributed by atoms with Gasteiger partial charge in [0, 0.05) is 19.8 Å². The van der Waals surface area contributed by atoms with Gasteiger partial charge < -0.3 is 4.90 Å². The standard InChI is InChI=1S/C15H17BrN2/c1-18(15-14(16)10-5-11-17-15)12-6-9-13-7-3-2-4-8-13/h2-5,7-8,10-11H,6,9,12H2,1H3. The fraction of sp³-hybridized carbons (Fsp3) is 0.267. The number of nitrogens with zero attached hydrogens (tertiary/aromatic N) is 2. The first-order chi connectivity index (χ1) is 8.77. The van der Waals surface area contributed by atoms with Crippen molar-refractivity contribution in [3.63, 3.8) is 0 Å². The van der Waals surface area contributed by atoms with E-state index in [4.69, 9.17) is 0 Å². The molecule has 0 atom stereocenters. The monoisotopic (exact) mass is 304 g/mol. The van der Waals surface area contributed by atoms with Crippen molar-refractivity contribution in [2.75, 3.05) is 18.5 Å². The summed E-state index contributed by atoms with van der Waals surface area (Å²) in [5.74, 6) is 1.01. The van der Waals surface area contributed by atoms with Crippen LogP contribution in [0, 0.1) is 0 Å². The number of hydrogen-bond donors (Lipinski definition) is 0. The lowest BCUT2D eigenvalue weighted by molar-refractivity contribution is 0.776. The van der Waals surface area contributed by atoms with Crippen molar-refractivity contribution in [3.8, 4) is 0 Å². The smallest absolute Gasteiger partial charge is 0.142 e.